The molecule has 0 spiro atoms. The van der Waals surface area contributed by atoms with E-state index in [1.165, 1.54) is 12.8 Å². The van der Waals surface area contributed by atoms with E-state index in [0.29, 0.717) is 12.6 Å². The predicted octanol–water partition coefficient (Wildman–Crippen LogP) is 2.30. The lowest BCUT2D eigenvalue weighted by Gasteiger charge is -2.17. The van der Waals surface area contributed by atoms with Crippen molar-refractivity contribution in [2.75, 3.05) is 11.9 Å². The molecule has 0 aliphatic heterocycles. The van der Waals surface area contributed by atoms with E-state index in [-0.39, 0.29) is 0 Å². The minimum atomic E-state index is 0.387. The average Bonchev–Trinajstić information content (AvgIpc) is 3.03. The number of anilines is 1. The van der Waals surface area contributed by atoms with Crippen LogP contribution in [0.4, 0.5) is 5.82 Å². The van der Waals surface area contributed by atoms with E-state index < -0.39 is 0 Å². The standard InChI is InChI=1S/C11H16BrN3/c1-7-9(12)4-5-11(14-7)15-10(6-13)8-2-3-8/h4-5,8,10H,2-3,6,13H2,1H3,(H,14,15). The van der Waals surface area contributed by atoms with Crippen LogP contribution in [0.3, 0.4) is 0 Å². The van der Waals surface area contributed by atoms with Gasteiger partial charge in [-0.15, -0.1) is 0 Å². The van der Waals surface area contributed by atoms with Crippen molar-refractivity contribution < 1.29 is 0 Å². The van der Waals surface area contributed by atoms with Gasteiger partial charge in [-0.1, -0.05) is 0 Å². The van der Waals surface area contributed by atoms with Crippen LogP contribution < -0.4 is 11.1 Å². The molecule has 4 heteroatoms. The Hall–Kier alpha value is -0.610. The summed E-state index contributed by atoms with van der Waals surface area (Å²) in [7, 11) is 0. The van der Waals surface area contributed by atoms with Gasteiger partial charge in [0.25, 0.3) is 0 Å². The van der Waals surface area contributed by atoms with Crippen molar-refractivity contribution in [2.24, 2.45) is 11.7 Å². The number of aromatic nitrogens is 1. The Balaban J connectivity index is 2.05. The van der Waals surface area contributed by atoms with Crippen LogP contribution in [0.25, 0.3) is 0 Å². The number of hydrogen-bond acceptors (Lipinski definition) is 3. The third-order valence-corrected chi connectivity index (χ3v) is 3.64. The first-order valence-corrected chi connectivity index (χ1v) is 6.09. The average molecular weight is 270 g/mol. The molecule has 1 atom stereocenters. The third-order valence-electron chi connectivity index (χ3n) is 2.80. The van der Waals surface area contributed by atoms with Crippen LogP contribution in [0.2, 0.25) is 0 Å². The SMILES string of the molecule is Cc1nc(NC(CN)C2CC2)ccc1Br. The molecule has 3 nitrogen and oxygen atoms in total. The second-order valence-corrected chi connectivity index (χ2v) is 4.94. The van der Waals surface area contributed by atoms with Crippen molar-refractivity contribution >= 4 is 21.7 Å². The van der Waals surface area contributed by atoms with E-state index in [2.05, 4.69) is 26.2 Å². The lowest BCUT2D eigenvalue weighted by molar-refractivity contribution is 0.642. The Morgan fingerprint density at radius 2 is 2.33 bits per heavy atom. The van der Waals surface area contributed by atoms with Crippen LogP contribution in [-0.4, -0.2) is 17.6 Å². The van der Waals surface area contributed by atoms with Crippen LogP contribution in [-0.2, 0) is 0 Å². The molecule has 3 N–H and O–H groups in total. The molecule has 1 aliphatic rings. The third kappa shape index (κ3) is 2.69. The summed E-state index contributed by atoms with van der Waals surface area (Å²) >= 11 is 3.44. The Labute approximate surface area is 98.6 Å². The largest absolute Gasteiger partial charge is 0.366 e. The second kappa shape index (κ2) is 4.49. The first kappa shape index (κ1) is 10.9. The van der Waals surface area contributed by atoms with Gasteiger partial charge in [-0.2, -0.15) is 0 Å². The maximum atomic E-state index is 5.73. The molecule has 1 aliphatic carbocycles. The number of rotatable bonds is 4. The first-order valence-electron chi connectivity index (χ1n) is 5.30. The molecule has 2 rings (SSSR count). The molecular formula is C11H16BrN3. The van der Waals surface area contributed by atoms with Crippen molar-refractivity contribution in [3.05, 3.63) is 22.3 Å². The molecule has 1 fully saturated rings. The van der Waals surface area contributed by atoms with E-state index in [9.17, 15) is 0 Å². The van der Waals surface area contributed by atoms with Gasteiger partial charge in [-0.05, 0) is 53.7 Å². The fourth-order valence-electron chi connectivity index (χ4n) is 1.68. The Bertz CT molecular complexity index is 350. The molecule has 0 amide bonds. The van der Waals surface area contributed by atoms with Gasteiger partial charge in [0.2, 0.25) is 0 Å². The van der Waals surface area contributed by atoms with Gasteiger partial charge >= 0.3 is 0 Å². The van der Waals surface area contributed by atoms with E-state index in [0.717, 1.165) is 21.9 Å². The van der Waals surface area contributed by atoms with Crippen LogP contribution in [0.5, 0.6) is 0 Å². The maximum absolute atomic E-state index is 5.73. The van der Waals surface area contributed by atoms with Crippen molar-refractivity contribution in [2.45, 2.75) is 25.8 Å². The zero-order valence-corrected chi connectivity index (χ0v) is 10.4. The van der Waals surface area contributed by atoms with Crippen LogP contribution >= 0.6 is 15.9 Å². The Kier molecular flexibility index (Phi) is 3.26. The zero-order valence-electron chi connectivity index (χ0n) is 8.83. The smallest absolute Gasteiger partial charge is 0.126 e. The Morgan fingerprint density at radius 1 is 1.60 bits per heavy atom. The fourth-order valence-corrected chi connectivity index (χ4v) is 1.90. The van der Waals surface area contributed by atoms with Crippen LogP contribution in [0.1, 0.15) is 18.5 Å². The van der Waals surface area contributed by atoms with Gasteiger partial charge in [0.1, 0.15) is 5.82 Å². The Morgan fingerprint density at radius 3 is 2.87 bits per heavy atom. The highest BCUT2D eigenvalue weighted by Crippen LogP contribution is 2.33. The number of pyridine rings is 1. The summed E-state index contributed by atoms with van der Waals surface area (Å²) in [5.41, 5.74) is 6.74. The highest BCUT2D eigenvalue weighted by atomic mass is 79.9. The van der Waals surface area contributed by atoms with E-state index in [4.69, 9.17) is 5.73 Å². The van der Waals surface area contributed by atoms with Crippen LogP contribution in [0, 0.1) is 12.8 Å². The van der Waals surface area contributed by atoms with E-state index in [1.807, 2.05) is 19.1 Å². The van der Waals surface area contributed by atoms with Gasteiger partial charge in [0.15, 0.2) is 0 Å². The molecule has 0 radical (unpaired) electrons. The first-order chi connectivity index (χ1) is 7.20. The molecular weight excluding hydrogens is 254 g/mol. The molecule has 1 aromatic rings. The number of aryl methyl sites for hydroxylation is 1. The van der Waals surface area contributed by atoms with Gasteiger partial charge in [-0.25, -0.2) is 4.98 Å². The van der Waals surface area contributed by atoms with Crippen molar-refractivity contribution in [1.29, 1.82) is 0 Å². The summed E-state index contributed by atoms with van der Waals surface area (Å²) < 4.78 is 1.05. The molecule has 0 bridgehead atoms. The highest BCUT2D eigenvalue weighted by Gasteiger charge is 2.30. The molecule has 0 aromatic carbocycles. The number of nitrogens with two attached hydrogens (primary N) is 1. The van der Waals surface area contributed by atoms with E-state index >= 15 is 0 Å². The molecule has 1 aromatic heterocycles. The molecule has 15 heavy (non-hydrogen) atoms. The normalized spacial score (nSPS) is 17.5. The minimum Gasteiger partial charge on any atom is -0.366 e. The summed E-state index contributed by atoms with van der Waals surface area (Å²) in [5, 5.41) is 3.40. The van der Waals surface area contributed by atoms with Crippen molar-refractivity contribution in [3.63, 3.8) is 0 Å². The summed E-state index contributed by atoms with van der Waals surface area (Å²) in [6.45, 7) is 2.67. The van der Waals surface area contributed by atoms with Gasteiger partial charge < -0.3 is 11.1 Å². The minimum absolute atomic E-state index is 0.387. The molecule has 82 valence electrons. The molecule has 1 unspecified atom stereocenters. The fraction of sp³-hybridized carbons (Fsp3) is 0.545. The number of halogens is 1. The molecule has 1 heterocycles. The lowest BCUT2D eigenvalue weighted by Crippen LogP contribution is -2.31. The van der Waals surface area contributed by atoms with E-state index in [1.54, 1.807) is 0 Å². The van der Waals surface area contributed by atoms with Gasteiger partial charge in [0.05, 0.1) is 5.69 Å². The predicted molar refractivity (Wildman–Crippen MR) is 65.9 cm³/mol. The summed E-state index contributed by atoms with van der Waals surface area (Å²) in [4.78, 5) is 4.46. The van der Waals surface area contributed by atoms with Crippen LogP contribution in [0.15, 0.2) is 16.6 Å². The molecule has 1 saturated carbocycles. The quantitative estimate of drug-likeness (QED) is 0.882. The highest BCUT2D eigenvalue weighted by molar-refractivity contribution is 9.10. The number of hydrogen-bond donors (Lipinski definition) is 2. The maximum Gasteiger partial charge on any atom is 0.126 e. The lowest BCUT2D eigenvalue weighted by atomic mass is 10.2. The summed E-state index contributed by atoms with van der Waals surface area (Å²) in [6, 6.07) is 4.39. The monoisotopic (exact) mass is 269 g/mol. The number of nitrogens with zero attached hydrogens (tertiary/aromatic N) is 1. The second-order valence-electron chi connectivity index (χ2n) is 4.09. The molecule has 0 saturated heterocycles. The number of nitrogens with one attached hydrogen (secondary N) is 1. The van der Waals surface area contributed by atoms with Gasteiger partial charge in [0, 0.05) is 17.1 Å². The van der Waals surface area contributed by atoms with Crippen molar-refractivity contribution in [3.8, 4) is 0 Å². The zero-order chi connectivity index (χ0) is 10.8. The topological polar surface area (TPSA) is 50.9 Å². The summed E-state index contributed by atoms with van der Waals surface area (Å²) in [6.07, 6.45) is 2.59. The van der Waals surface area contributed by atoms with Crippen molar-refractivity contribution in [1.82, 2.24) is 4.98 Å². The van der Waals surface area contributed by atoms with Gasteiger partial charge in [-0.3, -0.25) is 0 Å². The summed E-state index contributed by atoms with van der Waals surface area (Å²) in [5.74, 6) is 1.68.